The van der Waals surface area contributed by atoms with Gasteiger partial charge in [0.2, 0.25) is 82.7 Å². The Hall–Kier alpha value is -12.8. The van der Waals surface area contributed by atoms with Gasteiger partial charge in [-0.2, -0.15) is 0 Å². The zero-order valence-corrected chi connectivity index (χ0v) is 63.5. The van der Waals surface area contributed by atoms with E-state index in [9.17, 15) is 126 Å². The Bertz CT molecular complexity index is 3900. The molecule has 632 valence electrons. The first-order chi connectivity index (χ1) is 54.2. The van der Waals surface area contributed by atoms with Crippen LogP contribution >= 0.6 is 0 Å². The van der Waals surface area contributed by atoms with E-state index in [0.717, 1.165) is 52.9 Å². The quantitative estimate of drug-likeness (QED) is 0.0131. The van der Waals surface area contributed by atoms with E-state index >= 15 is 0 Å². The number of rotatable bonds is 36. The maximum absolute atomic E-state index is 14.8. The Morgan fingerprint density at radius 3 is 1.50 bits per heavy atom. The second kappa shape index (κ2) is 48.9. The number of nitrogens with two attached hydrogens (primary N) is 4. The molecular weight excluding hydrogens is 1520 g/mol. The van der Waals surface area contributed by atoms with Gasteiger partial charge in [-0.05, 0) is 69.8 Å². The minimum atomic E-state index is -2.48. The summed E-state index contributed by atoms with van der Waals surface area (Å²) in [5, 5.41) is 77.3. The number of primary amides is 1. The molecule has 14 amide bonds. The number of ketones is 2. The fourth-order valence-electron chi connectivity index (χ4n) is 11.3. The molecule has 0 aliphatic carbocycles. The summed E-state index contributed by atoms with van der Waals surface area (Å²) in [5.41, 5.74) is 22.7. The van der Waals surface area contributed by atoms with Gasteiger partial charge in [0.1, 0.15) is 72.6 Å². The standard InChI is InChI=1S/C71H101N17O27/c1-5-6-7-8-9-10-11-22-52(93)80-42(25-49(90)37-17-12-14-19-39(37)73)65(108)83-43(27-51(75)92)66(109)85-46(30-58(102)103)67(110)88-60-36(4)115-71(114)47(26-50(91)38-18-13-15-20-40(38)74)86-70(113)59(34(2)24-55(96)97)87-68(111)48(33-89)81-54(95)31-76-62(105)44(28-56(98)99)82-61(104)35(3)78-64(107)45(29-57(100)101)84-63(106)41(21-16-23-72)79-53(94)32-77-69(60)112/h12-15,17-20,34-36,41-48,59-60,89H,5-11,16,21-33,72-74H2,1-4H3,(H2,75,92)(H,76,105)(H,77,112)(H,78,107)(H,79,94)(H,80,93)(H,81,95)(H,82,104)(H,83,108)(H,84,106)(H,85,109)(H,86,113)(H,87,111)(H,88,110)(H,96,97)(H,98,99)(H,100,101)(H,102,103)/t34?,35?,36?,41?,42?,43?,44?,45?,46?,47?,48-,59?,60?/m1/s1. The first-order valence-electron chi connectivity index (χ1n) is 36.5. The molecule has 1 fully saturated rings. The highest BCUT2D eigenvalue weighted by Crippen LogP contribution is 2.20. The van der Waals surface area contributed by atoms with Gasteiger partial charge >= 0.3 is 29.8 Å². The minimum Gasteiger partial charge on any atom is -0.481 e. The second-order valence-electron chi connectivity index (χ2n) is 26.9. The molecule has 0 saturated carbocycles. The van der Waals surface area contributed by atoms with Crippen LogP contribution in [0.25, 0.3) is 0 Å². The number of cyclic esters (lactones) is 1. The number of Topliss-reactive ketones (excluding diaryl/α,β-unsaturated/α-hetero) is 2. The predicted molar refractivity (Wildman–Crippen MR) is 398 cm³/mol. The topological polar surface area (TPSA) is 729 Å². The molecule has 2 aromatic carbocycles. The average Bonchev–Trinajstić information content (AvgIpc) is 0.842. The third-order valence-corrected chi connectivity index (χ3v) is 17.4. The molecule has 1 saturated heterocycles. The van der Waals surface area contributed by atoms with E-state index in [0.29, 0.717) is 12.8 Å². The summed E-state index contributed by atoms with van der Waals surface area (Å²) in [4.78, 5) is 286. The van der Waals surface area contributed by atoms with Crippen LogP contribution in [0.3, 0.4) is 0 Å². The van der Waals surface area contributed by atoms with Crippen molar-refractivity contribution in [3.05, 3.63) is 59.7 Å². The number of nitrogens with one attached hydrogen (secondary N) is 13. The number of ether oxygens (including phenoxy) is 1. The maximum Gasteiger partial charge on any atom is 0.329 e. The molecule has 13 atom stereocenters. The number of hydrogen-bond donors (Lipinski definition) is 22. The maximum atomic E-state index is 14.8. The fourth-order valence-corrected chi connectivity index (χ4v) is 11.3. The van der Waals surface area contributed by atoms with Crippen molar-refractivity contribution < 1.29 is 131 Å². The van der Waals surface area contributed by atoms with Gasteiger partial charge in [0, 0.05) is 41.8 Å². The van der Waals surface area contributed by atoms with Crippen LogP contribution < -0.4 is 92.1 Å². The Morgan fingerprint density at radius 1 is 0.496 bits per heavy atom. The van der Waals surface area contributed by atoms with Crippen LogP contribution in [-0.4, -0.2) is 248 Å². The lowest BCUT2D eigenvalue weighted by molar-refractivity contribution is -0.156. The molecule has 1 aliphatic heterocycles. The number of benzene rings is 2. The first-order valence-corrected chi connectivity index (χ1v) is 36.5. The lowest BCUT2D eigenvalue weighted by Crippen LogP contribution is -2.62. The first kappa shape index (κ1) is 96.4. The summed E-state index contributed by atoms with van der Waals surface area (Å²) in [5.74, 6) is -31.4. The van der Waals surface area contributed by atoms with E-state index in [2.05, 4.69) is 47.9 Å². The predicted octanol–water partition coefficient (Wildman–Crippen LogP) is -6.49. The molecule has 3 rings (SSSR count). The third kappa shape index (κ3) is 34.4. The van der Waals surface area contributed by atoms with Gasteiger partial charge in [-0.15, -0.1) is 0 Å². The number of aliphatic hydroxyl groups excluding tert-OH is 1. The lowest BCUT2D eigenvalue weighted by Gasteiger charge is -2.30. The van der Waals surface area contributed by atoms with Crippen LogP contribution in [0.1, 0.15) is 158 Å². The molecular formula is C71H101N17O27. The summed E-state index contributed by atoms with van der Waals surface area (Å²) < 4.78 is 5.65. The molecule has 1 aliphatic rings. The number of nitrogen functional groups attached to an aromatic ring is 2. The number of aliphatic carboxylic acids is 4. The number of hydrogen-bond acceptors (Lipinski definition) is 26. The molecule has 0 aromatic heterocycles. The van der Waals surface area contributed by atoms with E-state index in [1.54, 1.807) is 0 Å². The van der Waals surface area contributed by atoms with E-state index in [4.69, 9.17) is 27.7 Å². The summed E-state index contributed by atoms with van der Waals surface area (Å²) >= 11 is 0. The number of carboxylic acids is 4. The van der Waals surface area contributed by atoms with Gasteiger partial charge in [-0.1, -0.05) is 76.6 Å². The van der Waals surface area contributed by atoms with Crippen LogP contribution in [0.5, 0.6) is 0 Å². The van der Waals surface area contributed by atoms with Crippen molar-refractivity contribution in [3.8, 4) is 0 Å². The molecule has 12 unspecified atom stereocenters. The van der Waals surface area contributed by atoms with E-state index in [1.807, 2.05) is 28.2 Å². The van der Waals surface area contributed by atoms with Gasteiger partial charge < -0.3 is 122 Å². The molecule has 2 aromatic rings. The van der Waals surface area contributed by atoms with E-state index < -0.39 is 274 Å². The largest absolute Gasteiger partial charge is 0.481 e. The molecule has 44 heteroatoms. The number of carbonyl (C=O) groups is 21. The Labute approximate surface area is 657 Å². The Morgan fingerprint density at radius 2 is 0.974 bits per heavy atom. The van der Waals surface area contributed by atoms with Crippen molar-refractivity contribution in [1.29, 1.82) is 0 Å². The highest BCUT2D eigenvalue weighted by molar-refractivity contribution is 6.07. The second-order valence-corrected chi connectivity index (χ2v) is 26.9. The monoisotopic (exact) mass is 1620 g/mol. The molecule has 115 heavy (non-hydrogen) atoms. The number of amides is 14. The van der Waals surface area contributed by atoms with Gasteiger partial charge in [0.15, 0.2) is 11.6 Å². The van der Waals surface area contributed by atoms with Gasteiger partial charge in [-0.3, -0.25) is 95.9 Å². The van der Waals surface area contributed by atoms with E-state index in [1.165, 1.54) is 48.5 Å². The van der Waals surface area contributed by atoms with Crippen LogP contribution in [0, 0.1) is 5.92 Å². The summed E-state index contributed by atoms with van der Waals surface area (Å²) in [6.07, 6.45) is -5.25. The van der Waals surface area contributed by atoms with E-state index in [-0.39, 0.29) is 41.9 Å². The summed E-state index contributed by atoms with van der Waals surface area (Å²) in [6, 6.07) is -12.5. The average molecular weight is 1620 g/mol. The minimum absolute atomic E-state index is 0.0218. The van der Waals surface area contributed by atoms with Gasteiger partial charge in [0.25, 0.3) is 0 Å². The van der Waals surface area contributed by atoms with Crippen LogP contribution in [0.15, 0.2) is 48.5 Å². The number of para-hydroxylation sites is 2. The number of unbranched alkanes of at least 4 members (excludes halogenated alkanes) is 6. The molecule has 0 bridgehead atoms. The van der Waals surface area contributed by atoms with Crippen molar-refractivity contribution >= 4 is 135 Å². The van der Waals surface area contributed by atoms with Gasteiger partial charge in [0.05, 0.1) is 51.8 Å². The highest BCUT2D eigenvalue weighted by Gasteiger charge is 2.41. The molecule has 44 nitrogen and oxygen atoms in total. The highest BCUT2D eigenvalue weighted by atomic mass is 16.5. The molecule has 0 radical (unpaired) electrons. The van der Waals surface area contributed by atoms with Crippen molar-refractivity contribution in [2.75, 3.05) is 37.7 Å². The lowest BCUT2D eigenvalue weighted by atomic mass is 9.96. The van der Waals surface area contributed by atoms with Crippen LogP contribution in [-0.2, 0) is 95.8 Å². The van der Waals surface area contributed by atoms with Crippen molar-refractivity contribution in [2.45, 2.75) is 209 Å². The van der Waals surface area contributed by atoms with Crippen molar-refractivity contribution in [3.63, 3.8) is 0 Å². The summed E-state index contributed by atoms with van der Waals surface area (Å²) in [6.45, 7) is 0.981. The van der Waals surface area contributed by atoms with Crippen LogP contribution in [0.4, 0.5) is 11.4 Å². The normalized spacial score (nSPS) is 21.1. The smallest absolute Gasteiger partial charge is 0.329 e. The zero-order chi connectivity index (χ0) is 86.3. The van der Waals surface area contributed by atoms with Crippen molar-refractivity contribution in [2.24, 2.45) is 17.4 Å². The molecule has 26 N–H and O–H groups in total. The van der Waals surface area contributed by atoms with Gasteiger partial charge in [-0.25, -0.2) is 4.79 Å². The zero-order valence-electron chi connectivity index (χ0n) is 63.5. The van der Waals surface area contributed by atoms with Crippen LogP contribution in [0.2, 0.25) is 0 Å². The summed E-state index contributed by atoms with van der Waals surface area (Å²) in [7, 11) is 0. The number of esters is 1. The Balaban J connectivity index is 2.30. The number of aliphatic hydroxyl groups is 1. The number of anilines is 2. The SMILES string of the molecule is CCCCCCCCCC(=O)NC(CC(=O)c1ccccc1N)C(=O)NC(CC(N)=O)C(=O)NC(CC(=O)O)C(=O)NC1C(=O)NCC(=O)NC(CCCN)C(=O)NC(CC(=O)O)C(=O)NC(C)C(=O)NC(CC(=O)O)C(=O)NCC(=O)N[C@H](CO)C(=O)NC(C(C)CC(=O)O)C(=O)NC(CC(=O)c2ccccc2N)C(=O)OC1C. The molecule has 1 heterocycles. The van der Waals surface area contributed by atoms with Crippen molar-refractivity contribution in [1.82, 2.24) is 69.1 Å². The third-order valence-electron chi connectivity index (χ3n) is 17.4. The number of carboxylic acid groups (broad SMARTS) is 4. The molecule has 0 spiro atoms. The Kier molecular flexibility index (Phi) is 41.0. The fraction of sp³-hybridized carbons (Fsp3) is 0.535. The number of carbonyl (C=O) groups excluding carboxylic acids is 17.